The monoisotopic (exact) mass is 432 g/mol. The van der Waals surface area contributed by atoms with Crippen LogP contribution in [0, 0.1) is 0 Å². The van der Waals surface area contributed by atoms with Gasteiger partial charge in [0.1, 0.15) is 0 Å². The number of carbonyl (C=O) groups is 1. The minimum absolute atomic E-state index is 0. The fourth-order valence-electron chi connectivity index (χ4n) is 1.77. The molecule has 0 aromatic heterocycles. The Morgan fingerprint density at radius 1 is 1.26 bits per heavy atom. The van der Waals surface area contributed by atoms with Crippen LogP contribution in [0.5, 0.6) is 0 Å². The molecule has 0 fully saturated rings. The van der Waals surface area contributed by atoms with Gasteiger partial charge in [0.2, 0.25) is 0 Å². The number of nitrogens with zero attached hydrogens (tertiary/aromatic N) is 1. The molecule has 0 bridgehead atoms. The summed E-state index contributed by atoms with van der Waals surface area (Å²) in [5, 5.41) is 6.06. The number of rotatable bonds is 5. The summed E-state index contributed by atoms with van der Waals surface area (Å²) in [4.78, 5) is 16.3. The van der Waals surface area contributed by atoms with Crippen LogP contribution < -0.4 is 16.4 Å². The van der Waals surface area contributed by atoms with Crippen molar-refractivity contribution in [2.24, 2.45) is 10.7 Å². The van der Waals surface area contributed by atoms with Gasteiger partial charge in [0.15, 0.2) is 5.96 Å². The van der Waals surface area contributed by atoms with Gasteiger partial charge >= 0.3 is 0 Å². The number of aliphatic imine (C=N–C) groups is 1. The van der Waals surface area contributed by atoms with Crippen molar-refractivity contribution in [1.29, 1.82) is 0 Å². The van der Waals surface area contributed by atoms with E-state index in [2.05, 4.69) is 15.6 Å². The second kappa shape index (κ2) is 9.75. The first-order chi connectivity index (χ1) is 10.2. The summed E-state index contributed by atoms with van der Waals surface area (Å²) < 4.78 is 0. The highest BCUT2D eigenvalue weighted by Gasteiger charge is 2.10. The molecule has 0 saturated carbocycles. The molecule has 0 spiro atoms. The molecular formula is C17H29IN4O. The molecule has 1 aromatic rings. The van der Waals surface area contributed by atoms with E-state index in [1.807, 2.05) is 58.9 Å². The van der Waals surface area contributed by atoms with Crippen LogP contribution >= 0.6 is 24.0 Å². The predicted octanol–water partition coefficient (Wildman–Crippen LogP) is 3.04. The number of carbonyl (C=O) groups excluding carboxylic acids is 1. The maximum Gasteiger partial charge on any atom is 0.251 e. The van der Waals surface area contributed by atoms with Gasteiger partial charge in [-0.05, 0) is 51.8 Å². The van der Waals surface area contributed by atoms with Crippen LogP contribution in [-0.2, 0) is 6.54 Å². The van der Waals surface area contributed by atoms with Crippen LogP contribution in [0.15, 0.2) is 29.3 Å². The van der Waals surface area contributed by atoms with E-state index in [1.54, 1.807) is 0 Å². The number of hydrogen-bond donors (Lipinski definition) is 3. The van der Waals surface area contributed by atoms with E-state index in [4.69, 9.17) is 5.73 Å². The van der Waals surface area contributed by atoms with E-state index in [1.165, 1.54) is 0 Å². The lowest BCUT2D eigenvalue weighted by atomic mass is 10.1. The molecule has 0 aliphatic rings. The van der Waals surface area contributed by atoms with Crippen LogP contribution in [0.3, 0.4) is 0 Å². The van der Waals surface area contributed by atoms with Gasteiger partial charge in [-0.15, -0.1) is 24.0 Å². The van der Waals surface area contributed by atoms with Gasteiger partial charge in [0, 0.05) is 17.1 Å². The zero-order valence-electron chi connectivity index (χ0n) is 14.6. The second-order valence-electron chi connectivity index (χ2n) is 6.56. The second-order valence-corrected chi connectivity index (χ2v) is 6.56. The van der Waals surface area contributed by atoms with Gasteiger partial charge in [-0.3, -0.25) is 4.79 Å². The van der Waals surface area contributed by atoms with Crippen LogP contribution in [0.25, 0.3) is 0 Å². The number of benzene rings is 1. The molecule has 4 N–H and O–H groups in total. The zero-order valence-corrected chi connectivity index (χ0v) is 17.0. The summed E-state index contributed by atoms with van der Waals surface area (Å²) in [7, 11) is 0. The highest BCUT2D eigenvalue weighted by Crippen LogP contribution is 2.07. The Hall–Kier alpha value is -1.31. The number of guanidine groups is 1. The summed E-state index contributed by atoms with van der Waals surface area (Å²) in [6.45, 7) is 10.6. The normalized spacial score (nSPS) is 13.0. The summed E-state index contributed by atoms with van der Waals surface area (Å²) in [6.07, 6.45) is 0.915. The fourth-order valence-corrected chi connectivity index (χ4v) is 1.77. The Morgan fingerprint density at radius 3 is 2.30 bits per heavy atom. The fraction of sp³-hybridized carbons (Fsp3) is 0.529. The SMILES string of the molecule is CCC(C)NC(=O)c1ccc(CN=C(N)NC(C)(C)C)cc1.I. The number of amides is 1. The molecule has 0 heterocycles. The van der Waals surface area contributed by atoms with Gasteiger partial charge in [-0.2, -0.15) is 0 Å². The van der Waals surface area contributed by atoms with E-state index in [9.17, 15) is 4.79 Å². The average Bonchev–Trinajstić information content (AvgIpc) is 2.43. The molecule has 1 unspecified atom stereocenters. The predicted molar refractivity (Wildman–Crippen MR) is 107 cm³/mol. The maximum absolute atomic E-state index is 12.0. The number of nitrogens with two attached hydrogens (primary N) is 1. The molecule has 1 rings (SSSR count). The molecule has 1 aromatic carbocycles. The Morgan fingerprint density at radius 2 is 1.83 bits per heavy atom. The minimum atomic E-state index is -0.106. The lowest BCUT2D eigenvalue weighted by Crippen LogP contribution is -2.44. The van der Waals surface area contributed by atoms with Crippen molar-refractivity contribution in [1.82, 2.24) is 10.6 Å². The third-order valence-electron chi connectivity index (χ3n) is 3.14. The molecule has 0 aliphatic carbocycles. The Balaban J connectivity index is 0.00000484. The Kier molecular flexibility index (Phi) is 9.19. The molecule has 6 heteroatoms. The first kappa shape index (κ1) is 21.7. The van der Waals surface area contributed by atoms with Crippen molar-refractivity contribution in [3.8, 4) is 0 Å². The number of halogens is 1. The molecule has 0 saturated heterocycles. The zero-order chi connectivity index (χ0) is 16.8. The Bertz CT molecular complexity index is 520. The van der Waals surface area contributed by atoms with Gasteiger partial charge in [0.05, 0.1) is 6.54 Å². The van der Waals surface area contributed by atoms with E-state index < -0.39 is 0 Å². The first-order valence-corrected chi connectivity index (χ1v) is 7.69. The lowest BCUT2D eigenvalue weighted by Gasteiger charge is -2.21. The van der Waals surface area contributed by atoms with Gasteiger partial charge in [0.25, 0.3) is 5.91 Å². The topological polar surface area (TPSA) is 79.5 Å². The Labute approximate surface area is 156 Å². The average molecular weight is 432 g/mol. The standard InChI is InChI=1S/C17H28N4O.HI/c1-6-12(2)20-15(22)14-9-7-13(8-10-14)11-19-16(18)21-17(3,4)5;/h7-10,12H,6,11H2,1-5H3,(H,20,22)(H3,18,19,21);1H. The number of nitrogens with one attached hydrogen (secondary N) is 2. The van der Waals surface area contributed by atoms with Crippen molar-refractivity contribution in [3.05, 3.63) is 35.4 Å². The van der Waals surface area contributed by atoms with Crippen molar-refractivity contribution < 1.29 is 4.79 Å². The van der Waals surface area contributed by atoms with Crippen LogP contribution in [0.1, 0.15) is 57.0 Å². The van der Waals surface area contributed by atoms with Crippen molar-refractivity contribution in [3.63, 3.8) is 0 Å². The van der Waals surface area contributed by atoms with E-state index in [0.717, 1.165) is 12.0 Å². The molecule has 0 aliphatic heterocycles. The maximum atomic E-state index is 12.0. The van der Waals surface area contributed by atoms with Crippen LogP contribution in [-0.4, -0.2) is 23.4 Å². The molecular weight excluding hydrogens is 403 g/mol. The summed E-state index contributed by atoms with van der Waals surface area (Å²) in [5.41, 5.74) is 7.40. The molecule has 23 heavy (non-hydrogen) atoms. The number of hydrogen-bond acceptors (Lipinski definition) is 2. The third-order valence-corrected chi connectivity index (χ3v) is 3.14. The van der Waals surface area contributed by atoms with E-state index in [-0.39, 0.29) is 41.5 Å². The quantitative estimate of drug-likeness (QED) is 0.380. The van der Waals surface area contributed by atoms with Crippen LogP contribution in [0.4, 0.5) is 0 Å². The van der Waals surface area contributed by atoms with E-state index in [0.29, 0.717) is 18.1 Å². The lowest BCUT2D eigenvalue weighted by molar-refractivity contribution is 0.0939. The van der Waals surface area contributed by atoms with Crippen molar-refractivity contribution >= 4 is 35.8 Å². The summed E-state index contributed by atoms with van der Waals surface area (Å²) >= 11 is 0. The van der Waals surface area contributed by atoms with E-state index >= 15 is 0 Å². The smallest absolute Gasteiger partial charge is 0.251 e. The third kappa shape index (κ3) is 8.78. The minimum Gasteiger partial charge on any atom is -0.370 e. The summed E-state index contributed by atoms with van der Waals surface area (Å²) in [5.74, 6) is 0.379. The molecule has 1 amide bonds. The highest BCUT2D eigenvalue weighted by atomic mass is 127. The first-order valence-electron chi connectivity index (χ1n) is 7.69. The van der Waals surface area contributed by atoms with Crippen molar-refractivity contribution in [2.45, 2.75) is 59.2 Å². The molecule has 5 nitrogen and oxygen atoms in total. The highest BCUT2D eigenvalue weighted by molar-refractivity contribution is 14.0. The van der Waals surface area contributed by atoms with Gasteiger partial charge in [-0.1, -0.05) is 19.1 Å². The molecule has 130 valence electrons. The van der Waals surface area contributed by atoms with Gasteiger partial charge < -0.3 is 16.4 Å². The van der Waals surface area contributed by atoms with Gasteiger partial charge in [-0.25, -0.2) is 4.99 Å². The van der Waals surface area contributed by atoms with Crippen LogP contribution in [0.2, 0.25) is 0 Å². The molecule has 1 atom stereocenters. The van der Waals surface area contributed by atoms with Crippen molar-refractivity contribution in [2.75, 3.05) is 0 Å². The largest absolute Gasteiger partial charge is 0.370 e. The molecule has 0 radical (unpaired) electrons. The summed E-state index contributed by atoms with van der Waals surface area (Å²) in [6, 6.07) is 7.62.